The van der Waals surface area contributed by atoms with Crippen LogP contribution < -0.4 is 0 Å². The number of nitriles is 1. The molecule has 1 aliphatic rings. The van der Waals surface area contributed by atoms with Crippen molar-refractivity contribution in [2.75, 3.05) is 46.3 Å². The van der Waals surface area contributed by atoms with Crippen LogP contribution in [0.2, 0.25) is 0 Å². The third kappa shape index (κ3) is 5.27. The van der Waals surface area contributed by atoms with Crippen molar-refractivity contribution in [3.8, 4) is 17.2 Å². The maximum absolute atomic E-state index is 12.6. The Labute approximate surface area is 180 Å². The molecule has 2 aromatic rings. The molecule has 0 aromatic heterocycles. The molecule has 0 N–H and O–H groups in total. The summed E-state index contributed by atoms with van der Waals surface area (Å²) in [4.78, 5) is 19.3. The second-order valence-corrected chi connectivity index (χ2v) is 7.98. The van der Waals surface area contributed by atoms with Gasteiger partial charge in [0.05, 0.1) is 11.6 Å². The minimum atomic E-state index is -0.0264. The van der Waals surface area contributed by atoms with Gasteiger partial charge in [0.25, 0.3) is 5.91 Å². The first kappa shape index (κ1) is 22.0. The summed E-state index contributed by atoms with van der Waals surface area (Å²) in [6, 6.07) is 16.2. The zero-order valence-corrected chi connectivity index (χ0v) is 18.4. The van der Waals surface area contributed by atoms with Crippen LogP contribution in [-0.2, 0) is 6.54 Å². The summed E-state index contributed by atoms with van der Waals surface area (Å²) >= 11 is 0. The van der Waals surface area contributed by atoms with E-state index in [2.05, 4.69) is 47.2 Å². The molecule has 0 unspecified atom stereocenters. The van der Waals surface area contributed by atoms with Gasteiger partial charge in [-0.1, -0.05) is 30.3 Å². The molecule has 1 fully saturated rings. The number of benzene rings is 2. The van der Waals surface area contributed by atoms with Gasteiger partial charge < -0.3 is 9.80 Å². The summed E-state index contributed by atoms with van der Waals surface area (Å²) < 4.78 is 0. The Morgan fingerprint density at radius 3 is 2.43 bits per heavy atom. The van der Waals surface area contributed by atoms with Gasteiger partial charge in [-0.3, -0.25) is 9.69 Å². The van der Waals surface area contributed by atoms with Gasteiger partial charge in [0.1, 0.15) is 0 Å². The highest BCUT2D eigenvalue weighted by molar-refractivity contribution is 5.95. The van der Waals surface area contributed by atoms with E-state index in [9.17, 15) is 10.1 Å². The van der Waals surface area contributed by atoms with Crippen LogP contribution in [0.5, 0.6) is 0 Å². The third-order valence-electron chi connectivity index (χ3n) is 5.92. The fourth-order valence-corrected chi connectivity index (χ4v) is 4.02. The maximum Gasteiger partial charge on any atom is 0.253 e. The fourth-order valence-electron chi connectivity index (χ4n) is 4.02. The number of hydrogen-bond acceptors (Lipinski definition) is 4. The second kappa shape index (κ2) is 10.4. The van der Waals surface area contributed by atoms with E-state index in [0.29, 0.717) is 24.2 Å². The summed E-state index contributed by atoms with van der Waals surface area (Å²) in [5.74, 6) is -0.0264. The molecule has 1 amide bonds. The normalized spacial score (nSPS) is 15.4. The standard InChI is InChI=1S/C25H32N4O/c1-4-29(5-2)25(30)22-11-12-24(23(17-22)18-26)21-9-7-20(8-10-21)19-28-14-6-13-27(3)15-16-28/h7-12,17H,4-6,13-16,19H2,1-3H3. The van der Waals surface area contributed by atoms with Crippen LogP contribution in [0, 0.1) is 11.3 Å². The third-order valence-corrected chi connectivity index (χ3v) is 5.92. The average molecular weight is 405 g/mol. The quantitative estimate of drug-likeness (QED) is 0.734. The molecule has 2 aromatic carbocycles. The summed E-state index contributed by atoms with van der Waals surface area (Å²) in [7, 11) is 2.19. The SMILES string of the molecule is CCN(CC)C(=O)c1ccc(-c2ccc(CN3CCCN(C)CC3)cc2)c(C#N)c1. The Balaban J connectivity index is 1.75. The van der Waals surface area contributed by atoms with E-state index in [-0.39, 0.29) is 5.91 Å². The van der Waals surface area contributed by atoms with Gasteiger partial charge in [-0.15, -0.1) is 0 Å². The van der Waals surface area contributed by atoms with Crippen molar-refractivity contribution in [2.24, 2.45) is 0 Å². The Hall–Kier alpha value is -2.68. The Morgan fingerprint density at radius 1 is 1.03 bits per heavy atom. The van der Waals surface area contributed by atoms with Crippen molar-refractivity contribution in [1.29, 1.82) is 5.26 Å². The van der Waals surface area contributed by atoms with E-state index in [0.717, 1.165) is 37.3 Å². The molecular formula is C25H32N4O. The lowest BCUT2D eigenvalue weighted by Gasteiger charge is -2.20. The largest absolute Gasteiger partial charge is 0.339 e. The molecule has 3 rings (SSSR count). The number of amides is 1. The number of rotatable bonds is 6. The molecule has 0 bridgehead atoms. The van der Waals surface area contributed by atoms with Crippen LogP contribution in [-0.4, -0.2) is 66.9 Å². The van der Waals surface area contributed by atoms with Gasteiger partial charge in [0, 0.05) is 38.3 Å². The van der Waals surface area contributed by atoms with Gasteiger partial charge in [0.2, 0.25) is 0 Å². The van der Waals surface area contributed by atoms with Crippen molar-refractivity contribution in [1.82, 2.24) is 14.7 Å². The zero-order valence-electron chi connectivity index (χ0n) is 18.4. The molecule has 0 spiro atoms. The van der Waals surface area contributed by atoms with Crippen molar-refractivity contribution in [3.63, 3.8) is 0 Å². The lowest BCUT2D eigenvalue weighted by atomic mass is 9.97. The molecule has 0 atom stereocenters. The zero-order chi connectivity index (χ0) is 21.5. The summed E-state index contributed by atoms with van der Waals surface area (Å²) in [6.45, 7) is 10.7. The summed E-state index contributed by atoms with van der Waals surface area (Å²) in [6.07, 6.45) is 1.21. The maximum atomic E-state index is 12.6. The minimum Gasteiger partial charge on any atom is -0.339 e. The van der Waals surface area contributed by atoms with Crippen molar-refractivity contribution < 1.29 is 4.79 Å². The smallest absolute Gasteiger partial charge is 0.253 e. The van der Waals surface area contributed by atoms with E-state index in [1.165, 1.54) is 18.5 Å². The van der Waals surface area contributed by atoms with Crippen LogP contribution in [0.3, 0.4) is 0 Å². The number of nitrogens with zero attached hydrogens (tertiary/aromatic N) is 4. The topological polar surface area (TPSA) is 50.6 Å². The van der Waals surface area contributed by atoms with E-state index in [1.54, 1.807) is 11.0 Å². The van der Waals surface area contributed by atoms with Gasteiger partial charge >= 0.3 is 0 Å². The van der Waals surface area contributed by atoms with E-state index in [4.69, 9.17) is 0 Å². The molecule has 1 aliphatic heterocycles. The number of likely N-dealkylation sites (N-methyl/N-ethyl adjacent to an activating group) is 1. The molecule has 0 radical (unpaired) electrons. The predicted octanol–water partition coefficient (Wildman–Crippen LogP) is 3.84. The van der Waals surface area contributed by atoms with Crippen LogP contribution in [0.4, 0.5) is 0 Å². The second-order valence-electron chi connectivity index (χ2n) is 7.98. The Morgan fingerprint density at radius 2 is 1.77 bits per heavy atom. The van der Waals surface area contributed by atoms with Crippen molar-refractivity contribution in [2.45, 2.75) is 26.8 Å². The highest BCUT2D eigenvalue weighted by Crippen LogP contribution is 2.26. The van der Waals surface area contributed by atoms with Crippen molar-refractivity contribution in [3.05, 3.63) is 59.2 Å². The molecule has 5 nitrogen and oxygen atoms in total. The van der Waals surface area contributed by atoms with Crippen LogP contribution >= 0.6 is 0 Å². The molecular weight excluding hydrogens is 372 g/mol. The molecule has 0 aliphatic carbocycles. The van der Waals surface area contributed by atoms with E-state index in [1.807, 2.05) is 26.0 Å². The highest BCUT2D eigenvalue weighted by Gasteiger charge is 2.16. The number of hydrogen-bond donors (Lipinski definition) is 0. The van der Waals surface area contributed by atoms with Gasteiger partial charge in [-0.25, -0.2) is 0 Å². The lowest BCUT2D eigenvalue weighted by molar-refractivity contribution is 0.0773. The lowest BCUT2D eigenvalue weighted by Crippen LogP contribution is -2.30. The summed E-state index contributed by atoms with van der Waals surface area (Å²) in [5.41, 5.74) is 4.28. The Bertz CT molecular complexity index is 896. The Kier molecular flexibility index (Phi) is 7.62. The minimum absolute atomic E-state index is 0.0264. The number of carbonyl (C=O) groups excluding carboxylic acids is 1. The van der Waals surface area contributed by atoms with Crippen LogP contribution in [0.25, 0.3) is 11.1 Å². The monoisotopic (exact) mass is 404 g/mol. The molecule has 5 heteroatoms. The molecule has 1 saturated heterocycles. The van der Waals surface area contributed by atoms with E-state index < -0.39 is 0 Å². The summed E-state index contributed by atoms with van der Waals surface area (Å²) in [5, 5.41) is 9.67. The first-order valence-corrected chi connectivity index (χ1v) is 10.9. The molecule has 30 heavy (non-hydrogen) atoms. The molecule has 158 valence electrons. The van der Waals surface area contributed by atoms with Crippen molar-refractivity contribution >= 4 is 5.91 Å². The first-order chi connectivity index (χ1) is 14.5. The average Bonchev–Trinajstić information content (AvgIpc) is 2.98. The fraction of sp³-hybridized carbons (Fsp3) is 0.440. The molecule has 1 heterocycles. The van der Waals surface area contributed by atoms with Gasteiger partial charge in [-0.05, 0) is 69.2 Å². The first-order valence-electron chi connectivity index (χ1n) is 10.9. The molecule has 0 saturated carbocycles. The van der Waals surface area contributed by atoms with Crippen LogP contribution in [0.1, 0.15) is 41.8 Å². The van der Waals surface area contributed by atoms with Crippen LogP contribution in [0.15, 0.2) is 42.5 Å². The van der Waals surface area contributed by atoms with Gasteiger partial charge in [-0.2, -0.15) is 5.26 Å². The predicted molar refractivity (Wildman–Crippen MR) is 121 cm³/mol. The van der Waals surface area contributed by atoms with E-state index >= 15 is 0 Å². The number of carbonyl (C=O) groups is 1. The highest BCUT2D eigenvalue weighted by atomic mass is 16.2. The van der Waals surface area contributed by atoms with Gasteiger partial charge in [0.15, 0.2) is 0 Å².